The van der Waals surface area contributed by atoms with Crippen molar-refractivity contribution in [2.45, 2.75) is 11.3 Å². The van der Waals surface area contributed by atoms with Crippen molar-refractivity contribution < 1.29 is 18.0 Å². The van der Waals surface area contributed by atoms with Crippen molar-refractivity contribution >= 4 is 35.0 Å². The maximum absolute atomic E-state index is 12.6. The van der Waals surface area contributed by atoms with Crippen LogP contribution in [0.25, 0.3) is 0 Å². The molecule has 0 unspecified atom stereocenters. The SMILES string of the molecule is Nn1cnnc1SCC(=O)Nc1cc(C(F)(F)F)ccc1Cl. The third-order valence-electron chi connectivity index (χ3n) is 2.44. The van der Waals surface area contributed by atoms with Crippen LogP contribution in [-0.4, -0.2) is 26.5 Å². The quantitative estimate of drug-likeness (QED) is 0.652. The van der Waals surface area contributed by atoms with Crippen LogP contribution in [0.4, 0.5) is 18.9 Å². The van der Waals surface area contributed by atoms with E-state index in [0.717, 1.165) is 34.6 Å². The molecule has 1 aromatic heterocycles. The fraction of sp³-hybridized carbons (Fsp3) is 0.182. The molecule has 0 aliphatic heterocycles. The lowest BCUT2D eigenvalue weighted by molar-refractivity contribution is -0.137. The summed E-state index contributed by atoms with van der Waals surface area (Å²) in [6.45, 7) is 0. The Kier molecular flexibility index (Phi) is 4.81. The molecule has 1 heterocycles. The highest BCUT2D eigenvalue weighted by Gasteiger charge is 2.31. The standard InChI is InChI=1S/C11H9ClF3N5OS/c12-7-2-1-6(11(13,14)15)3-8(7)18-9(21)4-22-10-19-17-5-20(10)16/h1-3,5H,4,16H2,(H,18,21). The van der Waals surface area contributed by atoms with Crippen LogP contribution >= 0.6 is 23.4 Å². The smallest absolute Gasteiger partial charge is 0.336 e. The molecule has 0 spiro atoms. The molecular weight excluding hydrogens is 343 g/mol. The summed E-state index contributed by atoms with van der Waals surface area (Å²) in [5.74, 6) is 4.81. The number of nitrogens with two attached hydrogens (primary N) is 1. The maximum Gasteiger partial charge on any atom is 0.416 e. The second-order valence-electron chi connectivity index (χ2n) is 4.05. The molecule has 6 nitrogen and oxygen atoms in total. The number of hydrogen-bond donors (Lipinski definition) is 2. The molecule has 3 N–H and O–H groups in total. The third-order valence-corrected chi connectivity index (χ3v) is 3.73. The van der Waals surface area contributed by atoms with Crippen LogP contribution in [0.15, 0.2) is 29.7 Å². The van der Waals surface area contributed by atoms with Crippen molar-refractivity contribution in [1.82, 2.24) is 14.9 Å². The highest BCUT2D eigenvalue weighted by Crippen LogP contribution is 2.33. The molecule has 2 rings (SSSR count). The average molecular weight is 352 g/mol. The number of alkyl halides is 3. The number of benzene rings is 1. The Balaban J connectivity index is 2.03. The zero-order chi connectivity index (χ0) is 16.3. The molecule has 0 aliphatic rings. The predicted octanol–water partition coefficient (Wildman–Crippen LogP) is 2.39. The summed E-state index contributed by atoms with van der Waals surface area (Å²) in [4.78, 5) is 11.8. The molecule has 118 valence electrons. The van der Waals surface area contributed by atoms with E-state index >= 15 is 0 Å². The number of nitrogens with one attached hydrogen (secondary N) is 1. The van der Waals surface area contributed by atoms with Crippen molar-refractivity contribution in [1.29, 1.82) is 0 Å². The third kappa shape index (κ3) is 4.04. The van der Waals surface area contributed by atoms with Gasteiger partial charge in [0.25, 0.3) is 0 Å². The van der Waals surface area contributed by atoms with Crippen LogP contribution in [0, 0.1) is 0 Å². The van der Waals surface area contributed by atoms with Gasteiger partial charge in [-0.3, -0.25) is 4.79 Å². The van der Waals surface area contributed by atoms with Crippen molar-refractivity contribution in [2.24, 2.45) is 0 Å². The summed E-state index contributed by atoms with van der Waals surface area (Å²) in [7, 11) is 0. The topological polar surface area (TPSA) is 85.8 Å². The lowest BCUT2D eigenvalue weighted by Gasteiger charge is -2.11. The summed E-state index contributed by atoms with van der Waals surface area (Å²) in [6, 6.07) is 2.68. The number of carbonyl (C=O) groups excluding carboxylic acids is 1. The summed E-state index contributed by atoms with van der Waals surface area (Å²) in [6.07, 6.45) is -3.27. The van der Waals surface area contributed by atoms with Crippen LogP contribution < -0.4 is 11.2 Å². The predicted molar refractivity (Wildman–Crippen MR) is 76.0 cm³/mol. The molecule has 0 aliphatic carbocycles. The van der Waals surface area contributed by atoms with E-state index in [9.17, 15) is 18.0 Å². The monoisotopic (exact) mass is 351 g/mol. The minimum Gasteiger partial charge on any atom is -0.336 e. The van der Waals surface area contributed by atoms with Gasteiger partial charge in [0, 0.05) is 0 Å². The lowest BCUT2D eigenvalue weighted by atomic mass is 10.2. The van der Waals surface area contributed by atoms with E-state index in [0.29, 0.717) is 5.16 Å². The van der Waals surface area contributed by atoms with Crippen LogP contribution in [0.3, 0.4) is 0 Å². The normalized spacial score (nSPS) is 11.5. The van der Waals surface area contributed by atoms with E-state index in [1.165, 1.54) is 6.33 Å². The number of nitrogens with zero attached hydrogens (tertiary/aromatic N) is 3. The molecule has 1 amide bonds. The first kappa shape index (κ1) is 16.4. The lowest BCUT2D eigenvalue weighted by Crippen LogP contribution is -2.16. The summed E-state index contributed by atoms with van der Waals surface area (Å²) >= 11 is 6.76. The molecule has 2 aromatic rings. The Hall–Kier alpha value is -1.94. The van der Waals surface area contributed by atoms with Crippen LogP contribution in [0.5, 0.6) is 0 Å². The molecular formula is C11H9ClF3N5OS. The van der Waals surface area contributed by atoms with Gasteiger partial charge in [0.2, 0.25) is 11.1 Å². The van der Waals surface area contributed by atoms with Gasteiger partial charge in [-0.1, -0.05) is 23.4 Å². The number of aromatic nitrogens is 3. The highest BCUT2D eigenvalue weighted by molar-refractivity contribution is 7.99. The Morgan fingerprint density at radius 3 is 2.77 bits per heavy atom. The number of nitrogen functional groups attached to an aromatic ring is 1. The maximum atomic E-state index is 12.6. The molecule has 0 radical (unpaired) electrons. The number of anilines is 1. The Bertz CT molecular complexity index is 691. The van der Waals surface area contributed by atoms with E-state index in [1.54, 1.807) is 0 Å². The van der Waals surface area contributed by atoms with Crippen molar-refractivity contribution in [3.05, 3.63) is 35.1 Å². The number of thioether (sulfide) groups is 1. The van der Waals surface area contributed by atoms with Crippen molar-refractivity contribution in [3.8, 4) is 0 Å². The second kappa shape index (κ2) is 6.44. The van der Waals surface area contributed by atoms with Crippen molar-refractivity contribution in [3.63, 3.8) is 0 Å². The first-order valence-electron chi connectivity index (χ1n) is 5.72. The zero-order valence-electron chi connectivity index (χ0n) is 10.8. The number of rotatable bonds is 4. The molecule has 0 fully saturated rings. The molecule has 1 aromatic carbocycles. The van der Waals surface area contributed by atoms with Crippen LogP contribution in [-0.2, 0) is 11.0 Å². The fourth-order valence-corrected chi connectivity index (χ4v) is 2.25. The Morgan fingerprint density at radius 2 is 2.18 bits per heavy atom. The molecule has 22 heavy (non-hydrogen) atoms. The van der Waals surface area contributed by atoms with E-state index in [1.807, 2.05) is 0 Å². The largest absolute Gasteiger partial charge is 0.416 e. The van der Waals surface area contributed by atoms with Gasteiger partial charge in [-0.05, 0) is 18.2 Å². The Morgan fingerprint density at radius 1 is 1.45 bits per heavy atom. The molecule has 0 saturated heterocycles. The minimum absolute atomic E-state index is 0.00772. The van der Waals surface area contributed by atoms with E-state index in [-0.39, 0.29) is 16.5 Å². The Labute approximate surface area is 131 Å². The van der Waals surface area contributed by atoms with Gasteiger partial charge in [0.1, 0.15) is 6.33 Å². The molecule has 0 bridgehead atoms. The van der Waals surface area contributed by atoms with Gasteiger partial charge in [-0.2, -0.15) is 13.2 Å². The van der Waals surface area contributed by atoms with Gasteiger partial charge >= 0.3 is 6.18 Å². The average Bonchev–Trinajstić information content (AvgIpc) is 2.83. The number of carbonyl (C=O) groups is 1. The first-order valence-corrected chi connectivity index (χ1v) is 7.08. The number of amides is 1. The van der Waals surface area contributed by atoms with Crippen molar-refractivity contribution in [2.75, 3.05) is 16.9 Å². The van der Waals surface area contributed by atoms with E-state index < -0.39 is 17.6 Å². The van der Waals surface area contributed by atoms with Gasteiger partial charge in [0.05, 0.1) is 22.0 Å². The molecule has 11 heteroatoms. The summed E-state index contributed by atoms with van der Waals surface area (Å²) in [5.41, 5.74) is -1.02. The second-order valence-corrected chi connectivity index (χ2v) is 5.40. The van der Waals surface area contributed by atoms with Gasteiger partial charge in [-0.25, -0.2) is 4.68 Å². The number of halogens is 4. The van der Waals surface area contributed by atoms with Gasteiger partial charge in [0.15, 0.2) is 0 Å². The van der Waals surface area contributed by atoms with E-state index in [4.69, 9.17) is 17.4 Å². The van der Waals surface area contributed by atoms with Gasteiger partial charge in [-0.15, -0.1) is 10.2 Å². The fourth-order valence-electron chi connectivity index (χ4n) is 1.45. The zero-order valence-corrected chi connectivity index (χ0v) is 12.3. The molecule has 0 atom stereocenters. The van der Waals surface area contributed by atoms with Gasteiger partial charge < -0.3 is 11.2 Å². The minimum atomic E-state index is -4.52. The summed E-state index contributed by atoms with van der Waals surface area (Å²) in [5, 5.41) is 9.80. The van der Waals surface area contributed by atoms with E-state index in [2.05, 4.69) is 15.5 Å². The highest BCUT2D eigenvalue weighted by atomic mass is 35.5. The van der Waals surface area contributed by atoms with Crippen LogP contribution in [0.1, 0.15) is 5.56 Å². The number of hydrogen-bond acceptors (Lipinski definition) is 5. The first-order chi connectivity index (χ1) is 10.3. The molecule has 0 saturated carbocycles. The van der Waals surface area contributed by atoms with Crippen LogP contribution in [0.2, 0.25) is 5.02 Å². The summed E-state index contributed by atoms with van der Waals surface area (Å²) < 4.78 is 39.0.